The quantitative estimate of drug-likeness (QED) is 0.943. The van der Waals surface area contributed by atoms with Gasteiger partial charge in [-0.15, -0.1) is 0 Å². The number of nitrogens with zero attached hydrogens (tertiary/aromatic N) is 2. The van der Waals surface area contributed by atoms with Crippen molar-refractivity contribution >= 4 is 11.7 Å². The summed E-state index contributed by atoms with van der Waals surface area (Å²) in [5.41, 5.74) is 1.95. The number of hydrogen-bond acceptors (Lipinski definition) is 2. The second-order valence-electron chi connectivity index (χ2n) is 5.38. The lowest BCUT2D eigenvalue weighted by Gasteiger charge is -2.34. The molecule has 1 aliphatic heterocycles. The largest absolute Gasteiger partial charge is 0.494 e. The van der Waals surface area contributed by atoms with E-state index in [-0.39, 0.29) is 12.1 Å². The second kappa shape index (κ2) is 6.13. The molecule has 22 heavy (non-hydrogen) atoms. The average Bonchev–Trinajstić information content (AvgIpc) is 2.99. The molecule has 0 fully saturated rings. The maximum atomic E-state index is 12.5. The summed E-state index contributed by atoms with van der Waals surface area (Å²) in [5.74, 6) is 0.810. The molecule has 0 saturated heterocycles. The van der Waals surface area contributed by atoms with Gasteiger partial charge in [-0.1, -0.05) is 0 Å². The number of carbonyl (C=O) groups excluding carboxylic acids is 1. The lowest BCUT2D eigenvalue weighted by Crippen LogP contribution is -2.42. The zero-order valence-corrected chi connectivity index (χ0v) is 13.0. The van der Waals surface area contributed by atoms with E-state index in [1.54, 1.807) is 0 Å². The zero-order valence-electron chi connectivity index (χ0n) is 13.0. The Hall–Kier alpha value is -2.43. The molecule has 0 bridgehead atoms. The average molecular weight is 299 g/mol. The van der Waals surface area contributed by atoms with Gasteiger partial charge < -0.3 is 19.5 Å². The highest BCUT2D eigenvalue weighted by atomic mass is 16.5. The SMILES string of the molecule is CCOc1ccc(NC(=O)N2CCn3cccc3C2C)cc1. The summed E-state index contributed by atoms with van der Waals surface area (Å²) in [4.78, 5) is 14.4. The van der Waals surface area contributed by atoms with E-state index in [1.807, 2.05) is 42.2 Å². The van der Waals surface area contributed by atoms with Crippen molar-refractivity contribution in [3.8, 4) is 5.75 Å². The first-order valence-electron chi connectivity index (χ1n) is 7.64. The van der Waals surface area contributed by atoms with Gasteiger partial charge in [-0.3, -0.25) is 0 Å². The monoisotopic (exact) mass is 299 g/mol. The molecule has 2 aromatic rings. The Labute approximate surface area is 130 Å². The van der Waals surface area contributed by atoms with E-state index in [1.165, 1.54) is 5.69 Å². The molecule has 0 radical (unpaired) electrons. The smallest absolute Gasteiger partial charge is 0.322 e. The number of nitrogens with one attached hydrogen (secondary N) is 1. The summed E-state index contributed by atoms with van der Waals surface area (Å²) >= 11 is 0. The van der Waals surface area contributed by atoms with Crippen molar-refractivity contribution < 1.29 is 9.53 Å². The molecule has 1 aromatic carbocycles. The minimum Gasteiger partial charge on any atom is -0.494 e. The summed E-state index contributed by atoms with van der Waals surface area (Å²) in [6.07, 6.45) is 2.06. The minimum absolute atomic E-state index is 0.0656. The van der Waals surface area contributed by atoms with Crippen LogP contribution in [0.3, 0.4) is 0 Å². The van der Waals surface area contributed by atoms with Crippen molar-refractivity contribution in [1.29, 1.82) is 0 Å². The second-order valence-corrected chi connectivity index (χ2v) is 5.38. The molecule has 3 rings (SSSR count). The third-order valence-corrected chi connectivity index (χ3v) is 4.02. The van der Waals surface area contributed by atoms with E-state index in [4.69, 9.17) is 4.74 Å². The first-order chi connectivity index (χ1) is 10.7. The number of aromatic nitrogens is 1. The fourth-order valence-electron chi connectivity index (χ4n) is 2.85. The van der Waals surface area contributed by atoms with Crippen molar-refractivity contribution in [2.75, 3.05) is 18.5 Å². The van der Waals surface area contributed by atoms with Crippen LogP contribution in [0.2, 0.25) is 0 Å². The predicted molar refractivity (Wildman–Crippen MR) is 86.2 cm³/mol. The van der Waals surface area contributed by atoms with Crippen LogP contribution in [-0.4, -0.2) is 28.6 Å². The highest BCUT2D eigenvalue weighted by Crippen LogP contribution is 2.26. The van der Waals surface area contributed by atoms with Gasteiger partial charge in [0, 0.05) is 30.7 Å². The summed E-state index contributed by atoms with van der Waals surface area (Å²) < 4.78 is 7.60. The number of fused-ring (bicyclic) bond motifs is 1. The normalized spacial score (nSPS) is 17.0. The summed E-state index contributed by atoms with van der Waals surface area (Å²) in [5, 5.41) is 2.96. The van der Waals surface area contributed by atoms with Gasteiger partial charge in [-0.2, -0.15) is 0 Å². The number of rotatable bonds is 3. The van der Waals surface area contributed by atoms with E-state index in [9.17, 15) is 4.79 Å². The van der Waals surface area contributed by atoms with E-state index in [0.717, 1.165) is 18.0 Å². The Morgan fingerprint density at radius 3 is 2.77 bits per heavy atom. The lowest BCUT2D eigenvalue weighted by atomic mass is 10.1. The van der Waals surface area contributed by atoms with Gasteiger partial charge in [0.15, 0.2) is 0 Å². The maximum absolute atomic E-state index is 12.5. The summed E-state index contributed by atoms with van der Waals surface area (Å²) in [6, 6.07) is 11.6. The molecule has 5 heteroatoms. The molecule has 0 saturated carbocycles. The van der Waals surface area contributed by atoms with Crippen LogP contribution in [0.15, 0.2) is 42.6 Å². The third-order valence-electron chi connectivity index (χ3n) is 4.02. The number of ether oxygens (including phenoxy) is 1. The Morgan fingerprint density at radius 2 is 2.05 bits per heavy atom. The standard InChI is InChI=1S/C17H21N3O2/c1-3-22-15-8-6-14(7-9-15)18-17(21)20-12-11-19-10-4-5-16(19)13(20)2/h4-10,13H,3,11-12H2,1-2H3,(H,18,21). The molecule has 1 atom stereocenters. The van der Waals surface area contributed by atoms with Gasteiger partial charge in [0.1, 0.15) is 5.75 Å². The Morgan fingerprint density at radius 1 is 1.27 bits per heavy atom. The van der Waals surface area contributed by atoms with Crippen LogP contribution < -0.4 is 10.1 Å². The summed E-state index contributed by atoms with van der Waals surface area (Å²) in [6.45, 7) is 6.19. The van der Waals surface area contributed by atoms with Crippen molar-refractivity contribution in [2.45, 2.75) is 26.4 Å². The molecular formula is C17H21N3O2. The Balaban J connectivity index is 1.67. The van der Waals surface area contributed by atoms with Gasteiger partial charge in [-0.25, -0.2) is 4.79 Å². The number of benzene rings is 1. The minimum atomic E-state index is -0.0656. The van der Waals surface area contributed by atoms with Crippen LogP contribution in [0.25, 0.3) is 0 Å². The van der Waals surface area contributed by atoms with Gasteiger partial charge in [0.2, 0.25) is 0 Å². The molecule has 0 spiro atoms. The molecule has 2 amide bonds. The van der Waals surface area contributed by atoms with Crippen LogP contribution >= 0.6 is 0 Å². The van der Waals surface area contributed by atoms with Crippen LogP contribution in [0, 0.1) is 0 Å². The first-order valence-corrected chi connectivity index (χ1v) is 7.64. The van der Waals surface area contributed by atoms with Gasteiger partial charge >= 0.3 is 6.03 Å². The Bertz CT molecular complexity index is 648. The van der Waals surface area contributed by atoms with Gasteiger partial charge in [-0.05, 0) is 50.2 Å². The van der Waals surface area contributed by atoms with E-state index in [0.29, 0.717) is 13.2 Å². The van der Waals surface area contributed by atoms with E-state index in [2.05, 4.69) is 29.1 Å². The zero-order chi connectivity index (χ0) is 15.5. The summed E-state index contributed by atoms with van der Waals surface area (Å²) in [7, 11) is 0. The molecular weight excluding hydrogens is 278 g/mol. The number of urea groups is 1. The maximum Gasteiger partial charge on any atom is 0.322 e. The fourth-order valence-corrected chi connectivity index (χ4v) is 2.85. The number of anilines is 1. The molecule has 1 aromatic heterocycles. The third kappa shape index (κ3) is 2.79. The molecule has 5 nitrogen and oxygen atoms in total. The number of amides is 2. The number of hydrogen-bond donors (Lipinski definition) is 1. The van der Waals surface area contributed by atoms with Gasteiger partial charge in [0.05, 0.1) is 12.6 Å². The Kier molecular flexibility index (Phi) is 4.04. The molecule has 116 valence electrons. The highest BCUT2D eigenvalue weighted by molar-refractivity contribution is 5.89. The fraction of sp³-hybridized carbons (Fsp3) is 0.353. The van der Waals surface area contributed by atoms with Crippen molar-refractivity contribution in [2.24, 2.45) is 0 Å². The van der Waals surface area contributed by atoms with Crippen LogP contribution in [0.4, 0.5) is 10.5 Å². The molecule has 1 N–H and O–H groups in total. The van der Waals surface area contributed by atoms with Gasteiger partial charge in [0.25, 0.3) is 0 Å². The van der Waals surface area contributed by atoms with Crippen LogP contribution in [0.1, 0.15) is 25.6 Å². The predicted octanol–water partition coefficient (Wildman–Crippen LogP) is 3.50. The number of carbonyl (C=O) groups is 1. The highest BCUT2D eigenvalue weighted by Gasteiger charge is 2.27. The van der Waals surface area contributed by atoms with E-state index >= 15 is 0 Å². The van der Waals surface area contributed by atoms with Crippen molar-refractivity contribution in [3.63, 3.8) is 0 Å². The molecule has 1 aliphatic rings. The first kappa shape index (κ1) is 14.5. The molecule has 2 heterocycles. The lowest BCUT2D eigenvalue weighted by molar-refractivity contribution is 0.175. The van der Waals surface area contributed by atoms with Crippen molar-refractivity contribution in [1.82, 2.24) is 9.47 Å². The molecule has 0 aliphatic carbocycles. The van der Waals surface area contributed by atoms with E-state index < -0.39 is 0 Å². The van der Waals surface area contributed by atoms with Crippen molar-refractivity contribution in [3.05, 3.63) is 48.3 Å². The van der Waals surface area contributed by atoms with Crippen LogP contribution in [-0.2, 0) is 6.54 Å². The topological polar surface area (TPSA) is 46.5 Å². The molecule has 1 unspecified atom stereocenters. The van der Waals surface area contributed by atoms with Crippen LogP contribution in [0.5, 0.6) is 5.75 Å².